The Morgan fingerprint density at radius 2 is 2.40 bits per heavy atom. The number of allylic oxidation sites excluding steroid dienone is 1. The molecule has 0 aliphatic rings. The van der Waals surface area contributed by atoms with Gasteiger partial charge in [0.15, 0.2) is 0 Å². The Kier molecular flexibility index (Phi) is 4.77. The summed E-state index contributed by atoms with van der Waals surface area (Å²) in [6.07, 6.45) is 4.92. The maximum Gasteiger partial charge on any atom is 0.218 e. The summed E-state index contributed by atoms with van der Waals surface area (Å²) >= 11 is 0. The zero-order valence-electron chi connectivity index (χ0n) is 8.96. The van der Waals surface area contributed by atoms with E-state index in [-0.39, 0.29) is 5.82 Å². The summed E-state index contributed by atoms with van der Waals surface area (Å²) in [7, 11) is 1.79. The summed E-state index contributed by atoms with van der Waals surface area (Å²) in [5.74, 6) is 0.127. The quantitative estimate of drug-likeness (QED) is 0.754. The van der Waals surface area contributed by atoms with E-state index in [4.69, 9.17) is 4.74 Å². The van der Waals surface area contributed by atoms with Crippen molar-refractivity contribution in [3.05, 3.63) is 35.8 Å². The first kappa shape index (κ1) is 11.7. The van der Waals surface area contributed by atoms with E-state index in [1.54, 1.807) is 7.05 Å². The van der Waals surface area contributed by atoms with Crippen molar-refractivity contribution in [3.63, 3.8) is 0 Å². The summed E-state index contributed by atoms with van der Waals surface area (Å²) in [5.41, 5.74) is 0.724. The largest absolute Gasteiger partial charge is 0.473 e. The zero-order valence-corrected chi connectivity index (χ0v) is 8.96. The molecule has 4 heteroatoms. The molecule has 0 fully saturated rings. The molecule has 0 aliphatic carbocycles. The van der Waals surface area contributed by atoms with Crippen molar-refractivity contribution >= 4 is 0 Å². The Bertz CT molecular complexity index is 339. The van der Waals surface area contributed by atoms with E-state index in [0.29, 0.717) is 19.0 Å². The molecule has 3 nitrogen and oxygen atoms in total. The number of nitrogens with one attached hydrogen (secondary N) is 1. The summed E-state index contributed by atoms with van der Waals surface area (Å²) < 4.78 is 18.3. The molecule has 0 saturated carbocycles. The zero-order chi connectivity index (χ0) is 11.1. The van der Waals surface area contributed by atoms with Gasteiger partial charge in [0.2, 0.25) is 5.88 Å². The molecule has 1 aromatic rings. The third-order valence-electron chi connectivity index (χ3n) is 1.81. The molecule has 1 heterocycles. The number of halogens is 1. The van der Waals surface area contributed by atoms with Crippen LogP contribution in [0.5, 0.6) is 5.88 Å². The second-order valence-electron chi connectivity index (χ2n) is 3.03. The van der Waals surface area contributed by atoms with Crippen molar-refractivity contribution in [2.24, 2.45) is 0 Å². The SMILES string of the molecule is C/C=C/COc1ncc(F)cc1CNC. The Labute approximate surface area is 89.0 Å². The van der Waals surface area contributed by atoms with Gasteiger partial charge in [-0.15, -0.1) is 0 Å². The molecule has 0 bridgehead atoms. The van der Waals surface area contributed by atoms with Gasteiger partial charge in [-0.3, -0.25) is 0 Å². The first-order valence-electron chi connectivity index (χ1n) is 4.81. The monoisotopic (exact) mass is 210 g/mol. The first-order valence-corrected chi connectivity index (χ1v) is 4.81. The minimum Gasteiger partial charge on any atom is -0.473 e. The van der Waals surface area contributed by atoms with Crippen molar-refractivity contribution < 1.29 is 9.13 Å². The predicted molar refractivity (Wildman–Crippen MR) is 57.3 cm³/mol. The highest BCUT2D eigenvalue weighted by Crippen LogP contribution is 2.15. The predicted octanol–water partition coefficient (Wildman–Crippen LogP) is 1.89. The molecule has 1 aromatic heterocycles. The molecule has 0 aromatic carbocycles. The number of pyridine rings is 1. The molecular formula is C11H15FN2O. The molecular weight excluding hydrogens is 195 g/mol. The highest BCUT2D eigenvalue weighted by Gasteiger charge is 2.05. The Balaban J connectivity index is 2.75. The minimum atomic E-state index is -0.348. The summed E-state index contributed by atoms with van der Waals surface area (Å²) in [5, 5.41) is 2.94. The van der Waals surface area contributed by atoms with Gasteiger partial charge in [-0.05, 0) is 20.0 Å². The molecule has 0 radical (unpaired) electrons. The Morgan fingerprint density at radius 1 is 1.60 bits per heavy atom. The Morgan fingerprint density at radius 3 is 3.07 bits per heavy atom. The van der Waals surface area contributed by atoms with Gasteiger partial charge >= 0.3 is 0 Å². The second-order valence-corrected chi connectivity index (χ2v) is 3.03. The lowest BCUT2D eigenvalue weighted by molar-refractivity contribution is 0.341. The van der Waals surface area contributed by atoms with Crippen molar-refractivity contribution in [2.45, 2.75) is 13.5 Å². The van der Waals surface area contributed by atoms with E-state index in [0.717, 1.165) is 11.8 Å². The van der Waals surface area contributed by atoms with Gasteiger partial charge in [0.1, 0.15) is 12.4 Å². The molecule has 0 aliphatic heterocycles. The van der Waals surface area contributed by atoms with Crippen LogP contribution in [0.3, 0.4) is 0 Å². The lowest BCUT2D eigenvalue weighted by Crippen LogP contribution is -2.09. The van der Waals surface area contributed by atoms with Gasteiger partial charge in [-0.25, -0.2) is 9.37 Å². The highest BCUT2D eigenvalue weighted by molar-refractivity contribution is 5.26. The van der Waals surface area contributed by atoms with Gasteiger partial charge in [0, 0.05) is 12.1 Å². The molecule has 82 valence electrons. The van der Waals surface area contributed by atoms with Crippen molar-refractivity contribution in [3.8, 4) is 5.88 Å². The summed E-state index contributed by atoms with van der Waals surface area (Å²) in [6, 6.07) is 1.43. The molecule has 1 N–H and O–H groups in total. The van der Waals surface area contributed by atoms with Crippen molar-refractivity contribution in [1.82, 2.24) is 10.3 Å². The van der Waals surface area contributed by atoms with Crippen LogP contribution in [0.4, 0.5) is 4.39 Å². The topological polar surface area (TPSA) is 34.1 Å². The third kappa shape index (κ3) is 3.67. The van der Waals surface area contributed by atoms with Gasteiger partial charge in [0.25, 0.3) is 0 Å². The lowest BCUT2D eigenvalue weighted by Gasteiger charge is -2.08. The molecule has 15 heavy (non-hydrogen) atoms. The fourth-order valence-corrected chi connectivity index (χ4v) is 1.14. The highest BCUT2D eigenvalue weighted by atomic mass is 19.1. The summed E-state index contributed by atoms with van der Waals surface area (Å²) in [6.45, 7) is 2.90. The Hall–Kier alpha value is -1.42. The van der Waals surface area contributed by atoms with E-state index in [1.807, 2.05) is 19.1 Å². The molecule has 0 amide bonds. The van der Waals surface area contributed by atoms with E-state index in [1.165, 1.54) is 6.07 Å². The van der Waals surface area contributed by atoms with E-state index >= 15 is 0 Å². The fourth-order valence-electron chi connectivity index (χ4n) is 1.14. The first-order chi connectivity index (χ1) is 7.27. The van der Waals surface area contributed by atoms with Crippen molar-refractivity contribution in [2.75, 3.05) is 13.7 Å². The number of hydrogen-bond donors (Lipinski definition) is 1. The smallest absolute Gasteiger partial charge is 0.218 e. The van der Waals surface area contributed by atoms with Crippen LogP contribution in [0.1, 0.15) is 12.5 Å². The van der Waals surface area contributed by atoms with Gasteiger partial charge in [0.05, 0.1) is 6.20 Å². The van der Waals surface area contributed by atoms with E-state index in [2.05, 4.69) is 10.3 Å². The molecule has 0 atom stereocenters. The van der Waals surface area contributed by atoms with Gasteiger partial charge in [-0.1, -0.05) is 12.2 Å². The number of rotatable bonds is 5. The van der Waals surface area contributed by atoms with Crippen LogP contribution in [0.15, 0.2) is 24.4 Å². The molecule has 0 spiro atoms. The van der Waals surface area contributed by atoms with Crippen molar-refractivity contribution in [1.29, 1.82) is 0 Å². The summed E-state index contributed by atoms with van der Waals surface area (Å²) in [4.78, 5) is 3.90. The fraction of sp³-hybridized carbons (Fsp3) is 0.364. The minimum absolute atomic E-state index is 0.348. The number of nitrogens with zero attached hydrogens (tertiary/aromatic N) is 1. The van der Waals surface area contributed by atoms with Gasteiger partial charge in [-0.2, -0.15) is 0 Å². The maximum absolute atomic E-state index is 12.9. The standard InChI is InChI=1S/C11H15FN2O/c1-3-4-5-15-11-9(7-13-2)6-10(12)8-14-11/h3-4,6,8,13H,5,7H2,1-2H3/b4-3+. The third-order valence-corrected chi connectivity index (χ3v) is 1.81. The normalized spacial score (nSPS) is 10.9. The van der Waals surface area contributed by atoms with E-state index in [9.17, 15) is 4.39 Å². The average Bonchev–Trinajstić information content (AvgIpc) is 2.22. The van der Waals surface area contributed by atoms with Gasteiger partial charge < -0.3 is 10.1 Å². The van der Waals surface area contributed by atoms with Crippen LogP contribution in [0.2, 0.25) is 0 Å². The molecule has 0 unspecified atom stereocenters. The molecule has 0 saturated heterocycles. The second kappa shape index (κ2) is 6.14. The van der Waals surface area contributed by atoms with Crippen LogP contribution in [-0.4, -0.2) is 18.6 Å². The van der Waals surface area contributed by atoms with Crippen LogP contribution in [0, 0.1) is 5.82 Å². The maximum atomic E-state index is 12.9. The number of aromatic nitrogens is 1. The number of ether oxygens (including phenoxy) is 1. The van der Waals surface area contributed by atoms with Crippen LogP contribution >= 0.6 is 0 Å². The number of hydrogen-bond acceptors (Lipinski definition) is 3. The van der Waals surface area contributed by atoms with Crippen LogP contribution < -0.4 is 10.1 Å². The molecule has 1 rings (SSSR count). The lowest BCUT2D eigenvalue weighted by atomic mass is 10.2. The average molecular weight is 210 g/mol. The van der Waals surface area contributed by atoms with E-state index < -0.39 is 0 Å². The van der Waals surface area contributed by atoms with Crippen LogP contribution in [0.25, 0.3) is 0 Å². The van der Waals surface area contributed by atoms with Crippen LogP contribution in [-0.2, 0) is 6.54 Å².